The summed E-state index contributed by atoms with van der Waals surface area (Å²) < 4.78 is 12.3. The lowest BCUT2D eigenvalue weighted by molar-refractivity contribution is 0.144. The fraction of sp³-hybridized carbons (Fsp3) is 0.588. The Morgan fingerprint density at radius 3 is 1.69 bits per heavy atom. The molecule has 0 spiro atoms. The minimum Gasteiger partial charge on any atom is -0.251 e. The number of allylic oxidation sites excluding steroid dienone is 2. The molecule has 2 aromatic rings. The second-order valence-electron chi connectivity index (χ2n) is 11.4. The van der Waals surface area contributed by atoms with Gasteiger partial charge in [-0.25, -0.2) is 0 Å². The van der Waals surface area contributed by atoms with Crippen molar-refractivity contribution in [1.29, 1.82) is 0 Å². The Kier molecular flexibility index (Phi) is 10.5. The standard InChI is InChI=1S/C34H47F/c1-2-3-6-27-10-18-31(19-11-27)33-22-14-29(15-23-33)8-9-30-16-24-34(25-17-30)32-20-12-28(13-21-32)7-4-5-26-35/h2-3,12-13,16-17,20-21,24-25,27,29,31,33H,4-11,14-15,18-19,22-23,26H2,1H3/b3-2+/t27-,29?,31-,33?. The summed E-state index contributed by atoms with van der Waals surface area (Å²) in [5.74, 6) is 3.93. The summed E-state index contributed by atoms with van der Waals surface area (Å²) in [7, 11) is 0. The number of hydrogen-bond donors (Lipinski definition) is 0. The topological polar surface area (TPSA) is 0 Å². The van der Waals surface area contributed by atoms with Crippen molar-refractivity contribution >= 4 is 0 Å². The van der Waals surface area contributed by atoms with Gasteiger partial charge in [0.15, 0.2) is 0 Å². The second-order valence-corrected chi connectivity index (χ2v) is 11.4. The third kappa shape index (κ3) is 8.06. The zero-order valence-corrected chi connectivity index (χ0v) is 22.1. The van der Waals surface area contributed by atoms with Crippen molar-refractivity contribution in [3.05, 3.63) is 71.8 Å². The van der Waals surface area contributed by atoms with Crippen molar-refractivity contribution < 1.29 is 4.39 Å². The molecular formula is C34H47F. The summed E-state index contributed by atoms with van der Waals surface area (Å²) in [5.41, 5.74) is 5.37. The number of rotatable bonds is 11. The second kappa shape index (κ2) is 14.0. The summed E-state index contributed by atoms with van der Waals surface area (Å²) in [6, 6.07) is 18.1. The molecule has 0 aliphatic heterocycles. The van der Waals surface area contributed by atoms with Crippen molar-refractivity contribution in [2.24, 2.45) is 23.7 Å². The van der Waals surface area contributed by atoms with E-state index in [0.29, 0.717) is 6.42 Å². The lowest BCUT2D eigenvalue weighted by Crippen LogP contribution is -2.26. The summed E-state index contributed by atoms with van der Waals surface area (Å²) >= 11 is 0. The van der Waals surface area contributed by atoms with Crippen molar-refractivity contribution in [2.45, 2.75) is 96.8 Å². The normalized spacial score (nSPS) is 25.2. The van der Waals surface area contributed by atoms with Gasteiger partial charge in [-0.1, -0.05) is 73.5 Å². The summed E-state index contributed by atoms with van der Waals surface area (Å²) in [4.78, 5) is 0. The lowest BCUT2D eigenvalue weighted by Gasteiger charge is -2.37. The highest BCUT2D eigenvalue weighted by Crippen LogP contribution is 2.42. The van der Waals surface area contributed by atoms with E-state index in [9.17, 15) is 4.39 Å². The highest BCUT2D eigenvalue weighted by Gasteiger charge is 2.30. The molecule has 1 heteroatoms. The zero-order valence-electron chi connectivity index (χ0n) is 22.1. The number of aryl methyl sites for hydroxylation is 2. The molecule has 0 heterocycles. The first-order valence-electron chi connectivity index (χ1n) is 14.6. The van der Waals surface area contributed by atoms with Crippen LogP contribution in [-0.4, -0.2) is 6.67 Å². The molecule has 0 N–H and O–H groups in total. The molecule has 4 rings (SSSR count). The van der Waals surface area contributed by atoms with E-state index in [4.69, 9.17) is 0 Å². The largest absolute Gasteiger partial charge is 0.251 e. The minimum absolute atomic E-state index is 0.204. The van der Waals surface area contributed by atoms with Crippen LogP contribution in [0.25, 0.3) is 11.1 Å². The Hall–Kier alpha value is -1.89. The monoisotopic (exact) mass is 474 g/mol. The van der Waals surface area contributed by atoms with Crippen LogP contribution < -0.4 is 0 Å². The van der Waals surface area contributed by atoms with Gasteiger partial charge in [0.1, 0.15) is 0 Å². The average molecular weight is 475 g/mol. The van der Waals surface area contributed by atoms with E-state index in [1.807, 2.05) is 0 Å². The molecule has 2 aromatic carbocycles. The number of benzene rings is 2. The Labute approximate surface area is 214 Å². The Morgan fingerprint density at radius 1 is 0.657 bits per heavy atom. The van der Waals surface area contributed by atoms with Crippen LogP contribution in [0.4, 0.5) is 4.39 Å². The van der Waals surface area contributed by atoms with Crippen LogP contribution in [-0.2, 0) is 12.8 Å². The first-order chi connectivity index (χ1) is 17.2. The maximum absolute atomic E-state index is 12.3. The molecule has 0 aromatic heterocycles. The molecule has 2 aliphatic carbocycles. The Morgan fingerprint density at radius 2 is 1.17 bits per heavy atom. The average Bonchev–Trinajstić information content (AvgIpc) is 2.92. The molecule has 0 radical (unpaired) electrons. The van der Waals surface area contributed by atoms with E-state index in [1.54, 1.807) is 0 Å². The predicted molar refractivity (Wildman–Crippen MR) is 149 cm³/mol. The van der Waals surface area contributed by atoms with Crippen molar-refractivity contribution in [3.8, 4) is 11.1 Å². The molecule has 2 fully saturated rings. The van der Waals surface area contributed by atoms with Gasteiger partial charge in [0.25, 0.3) is 0 Å². The first-order valence-corrected chi connectivity index (χ1v) is 14.6. The van der Waals surface area contributed by atoms with Crippen LogP contribution in [0, 0.1) is 23.7 Å². The van der Waals surface area contributed by atoms with Gasteiger partial charge in [-0.2, -0.15) is 0 Å². The van der Waals surface area contributed by atoms with Gasteiger partial charge in [0.2, 0.25) is 0 Å². The van der Waals surface area contributed by atoms with Crippen LogP contribution >= 0.6 is 0 Å². The number of unbranched alkanes of at least 4 members (excludes halogenated alkanes) is 1. The molecular weight excluding hydrogens is 427 g/mol. The van der Waals surface area contributed by atoms with Gasteiger partial charge < -0.3 is 0 Å². The van der Waals surface area contributed by atoms with Crippen LogP contribution in [0.5, 0.6) is 0 Å². The highest BCUT2D eigenvalue weighted by atomic mass is 19.1. The first kappa shape index (κ1) is 26.2. The third-order valence-corrected chi connectivity index (χ3v) is 9.09. The van der Waals surface area contributed by atoms with E-state index in [2.05, 4.69) is 67.6 Å². The van der Waals surface area contributed by atoms with Gasteiger partial charge in [0, 0.05) is 0 Å². The summed E-state index contributed by atoms with van der Waals surface area (Å²) in [6.07, 6.45) is 22.9. The number of alkyl halides is 1. The van der Waals surface area contributed by atoms with E-state index in [1.165, 1.54) is 92.9 Å². The SMILES string of the molecule is C/C=C/C[C@H]1CC[C@H](C2CCC(CCc3ccc(-c4ccc(CCCCF)cc4)cc3)CC2)CC1. The van der Waals surface area contributed by atoms with Gasteiger partial charge in [0.05, 0.1) is 6.67 Å². The minimum atomic E-state index is -0.204. The molecule has 0 saturated heterocycles. The fourth-order valence-electron chi connectivity index (χ4n) is 6.69. The van der Waals surface area contributed by atoms with Crippen molar-refractivity contribution in [3.63, 3.8) is 0 Å². The highest BCUT2D eigenvalue weighted by molar-refractivity contribution is 5.64. The van der Waals surface area contributed by atoms with Crippen LogP contribution in [0.15, 0.2) is 60.7 Å². The summed E-state index contributed by atoms with van der Waals surface area (Å²) in [5, 5.41) is 0. The van der Waals surface area contributed by atoms with Crippen LogP contribution in [0.2, 0.25) is 0 Å². The van der Waals surface area contributed by atoms with Crippen molar-refractivity contribution in [2.75, 3.05) is 6.67 Å². The molecule has 2 saturated carbocycles. The van der Waals surface area contributed by atoms with Gasteiger partial charge in [-0.15, -0.1) is 0 Å². The Balaban J connectivity index is 1.16. The molecule has 0 unspecified atom stereocenters. The molecule has 35 heavy (non-hydrogen) atoms. The van der Waals surface area contributed by atoms with E-state index in [-0.39, 0.29) is 6.67 Å². The van der Waals surface area contributed by atoms with Crippen LogP contribution in [0.3, 0.4) is 0 Å². The predicted octanol–water partition coefficient (Wildman–Crippen LogP) is 10.2. The molecule has 0 bridgehead atoms. The smallest absolute Gasteiger partial charge is 0.0894 e. The van der Waals surface area contributed by atoms with E-state index >= 15 is 0 Å². The van der Waals surface area contributed by atoms with Gasteiger partial charge in [-0.05, 0) is 130 Å². The Bertz CT molecular complexity index is 862. The lowest BCUT2D eigenvalue weighted by atomic mass is 9.68. The third-order valence-electron chi connectivity index (χ3n) is 9.09. The quantitative estimate of drug-likeness (QED) is 0.224. The zero-order chi connectivity index (χ0) is 24.3. The molecule has 0 nitrogen and oxygen atoms in total. The fourth-order valence-corrected chi connectivity index (χ4v) is 6.69. The molecule has 2 aliphatic rings. The van der Waals surface area contributed by atoms with Crippen molar-refractivity contribution in [1.82, 2.24) is 0 Å². The molecule has 190 valence electrons. The number of halogens is 1. The van der Waals surface area contributed by atoms with Gasteiger partial charge in [-0.3, -0.25) is 4.39 Å². The van der Waals surface area contributed by atoms with Crippen LogP contribution in [0.1, 0.15) is 95.1 Å². The maximum atomic E-state index is 12.3. The van der Waals surface area contributed by atoms with Gasteiger partial charge >= 0.3 is 0 Å². The molecule has 0 amide bonds. The maximum Gasteiger partial charge on any atom is 0.0894 e. The molecule has 0 atom stereocenters. The van der Waals surface area contributed by atoms with E-state index < -0.39 is 0 Å². The number of hydrogen-bond acceptors (Lipinski definition) is 0. The van der Waals surface area contributed by atoms with E-state index in [0.717, 1.165) is 36.5 Å². The summed E-state index contributed by atoms with van der Waals surface area (Å²) in [6.45, 7) is 1.95.